The molecule has 3 heteroatoms. The third-order valence-electron chi connectivity index (χ3n) is 3.11. The Labute approximate surface area is 107 Å². The van der Waals surface area contributed by atoms with E-state index in [1.54, 1.807) is 7.05 Å². The van der Waals surface area contributed by atoms with Crippen molar-refractivity contribution in [1.29, 1.82) is 0 Å². The van der Waals surface area contributed by atoms with Gasteiger partial charge < -0.3 is 5.32 Å². The second-order valence-electron chi connectivity index (χ2n) is 4.55. The Morgan fingerprint density at radius 2 is 1.94 bits per heavy atom. The van der Waals surface area contributed by atoms with E-state index in [2.05, 4.69) is 36.1 Å². The van der Waals surface area contributed by atoms with E-state index in [1.807, 2.05) is 6.92 Å². The summed E-state index contributed by atoms with van der Waals surface area (Å²) in [5.74, 6) is 1.52. The van der Waals surface area contributed by atoms with E-state index in [-0.39, 0.29) is 0 Å². The van der Waals surface area contributed by atoms with Crippen LogP contribution in [0.15, 0.2) is 9.98 Å². The predicted molar refractivity (Wildman–Crippen MR) is 78.1 cm³/mol. The number of unbranched alkanes of at least 4 members (excludes halogenated alkanes) is 1. The second kappa shape index (κ2) is 10.3. The minimum absolute atomic E-state index is 0.740. The van der Waals surface area contributed by atoms with Gasteiger partial charge in [0.15, 0.2) is 0 Å². The maximum Gasteiger partial charge on any atom is 0.217 e. The van der Waals surface area contributed by atoms with Gasteiger partial charge in [0.05, 0.1) is 0 Å². The molecule has 1 atom stereocenters. The summed E-state index contributed by atoms with van der Waals surface area (Å²) in [4.78, 5) is 8.64. The van der Waals surface area contributed by atoms with Crippen LogP contribution in [0.25, 0.3) is 0 Å². The van der Waals surface area contributed by atoms with Crippen LogP contribution >= 0.6 is 0 Å². The molecule has 0 saturated heterocycles. The lowest BCUT2D eigenvalue weighted by Crippen LogP contribution is -2.28. The zero-order valence-electron chi connectivity index (χ0n) is 12.2. The fourth-order valence-corrected chi connectivity index (χ4v) is 1.61. The van der Waals surface area contributed by atoms with Crippen LogP contribution in [0.5, 0.6) is 0 Å². The second-order valence-corrected chi connectivity index (χ2v) is 4.55. The summed E-state index contributed by atoms with van der Waals surface area (Å²) < 4.78 is 0. The molecule has 3 nitrogen and oxygen atoms in total. The van der Waals surface area contributed by atoms with Crippen molar-refractivity contribution in [3.63, 3.8) is 0 Å². The summed E-state index contributed by atoms with van der Waals surface area (Å²) in [5.41, 5.74) is 1.12. The van der Waals surface area contributed by atoms with Crippen molar-refractivity contribution in [2.75, 3.05) is 13.6 Å². The largest absolute Gasteiger partial charge is 0.354 e. The smallest absolute Gasteiger partial charge is 0.217 e. The van der Waals surface area contributed by atoms with Gasteiger partial charge in [-0.1, -0.05) is 40.0 Å². The molecule has 0 fully saturated rings. The van der Waals surface area contributed by atoms with Crippen LogP contribution in [-0.4, -0.2) is 25.3 Å². The summed E-state index contributed by atoms with van der Waals surface area (Å²) in [7, 11) is 1.79. The topological polar surface area (TPSA) is 36.8 Å². The molecule has 0 radical (unpaired) electrons. The van der Waals surface area contributed by atoms with Crippen molar-refractivity contribution >= 4 is 11.7 Å². The number of rotatable bonds is 7. The van der Waals surface area contributed by atoms with Crippen LogP contribution in [0, 0.1) is 5.92 Å². The molecule has 0 spiro atoms. The first-order valence-corrected chi connectivity index (χ1v) is 6.92. The van der Waals surface area contributed by atoms with E-state index in [0.29, 0.717) is 0 Å². The van der Waals surface area contributed by atoms with Gasteiger partial charge in [0.25, 0.3) is 0 Å². The summed E-state index contributed by atoms with van der Waals surface area (Å²) in [5, 5.41) is 3.36. The third kappa shape index (κ3) is 7.94. The molecule has 1 unspecified atom stereocenters. The molecule has 0 aromatic heterocycles. The zero-order valence-corrected chi connectivity index (χ0v) is 12.2. The van der Waals surface area contributed by atoms with Gasteiger partial charge in [-0.2, -0.15) is 0 Å². The average Bonchev–Trinajstić information content (AvgIpc) is 2.37. The number of hydrogen-bond acceptors (Lipinski definition) is 1. The first-order chi connectivity index (χ1) is 8.17. The van der Waals surface area contributed by atoms with Crippen LogP contribution in [-0.2, 0) is 0 Å². The summed E-state index contributed by atoms with van der Waals surface area (Å²) in [6.45, 7) is 9.65. The number of guanidine groups is 1. The maximum atomic E-state index is 4.46. The van der Waals surface area contributed by atoms with E-state index in [4.69, 9.17) is 0 Å². The van der Waals surface area contributed by atoms with E-state index >= 15 is 0 Å². The van der Waals surface area contributed by atoms with Gasteiger partial charge in [-0.3, -0.25) is 4.99 Å². The molecular weight excluding hydrogens is 210 g/mol. The Kier molecular flexibility index (Phi) is 9.78. The van der Waals surface area contributed by atoms with Gasteiger partial charge in [-0.15, -0.1) is 0 Å². The Balaban J connectivity index is 4.13. The fraction of sp³-hybridized carbons (Fsp3) is 0.857. The molecule has 0 bridgehead atoms. The van der Waals surface area contributed by atoms with E-state index < -0.39 is 0 Å². The van der Waals surface area contributed by atoms with E-state index in [1.165, 1.54) is 25.7 Å². The van der Waals surface area contributed by atoms with Crippen LogP contribution in [0.1, 0.15) is 59.8 Å². The van der Waals surface area contributed by atoms with E-state index in [0.717, 1.165) is 30.6 Å². The summed E-state index contributed by atoms with van der Waals surface area (Å²) >= 11 is 0. The highest BCUT2D eigenvalue weighted by Crippen LogP contribution is 2.11. The molecule has 0 saturated carbocycles. The van der Waals surface area contributed by atoms with Crippen LogP contribution in [0.3, 0.4) is 0 Å². The minimum atomic E-state index is 0.740. The third-order valence-corrected chi connectivity index (χ3v) is 3.11. The molecule has 0 aliphatic carbocycles. The summed E-state index contributed by atoms with van der Waals surface area (Å²) in [6.07, 6.45) is 6.09. The molecule has 0 aromatic carbocycles. The van der Waals surface area contributed by atoms with Crippen molar-refractivity contribution in [3.05, 3.63) is 0 Å². The Morgan fingerprint density at radius 3 is 2.41 bits per heavy atom. The number of nitrogens with one attached hydrogen (secondary N) is 1. The van der Waals surface area contributed by atoms with Crippen LogP contribution in [0.2, 0.25) is 0 Å². The Bertz CT molecular complexity index is 244. The quantitative estimate of drug-likeness (QED) is 0.534. The normalized spacial score (nSPS) is 14.9. The van der Waals surface area contributed by atoms with Gasteiger partial charge in [-0.05, 0) is 25.7 Å². The lowest BCUT2D eigenvalue weighted by Gasteiger charge is -2.15. The van der Waals surface area contributed by atoms with Gasteiger partial charge in [0, 0.05) is 19.3 Å². The first kappa shape index (κ1) is 16.1. The first-order valence-electron chi connectivity index (χ1n) is 6.92. The number of aliphatic imine (C=N–C) groups is 2. The molecule has 1 N–H and O–H groups in total. The van der Waals surface area contributed by atoms with Crippen molar-refractivity contribution in [2.45, 2.75) is 59.8 Å². The Hall–Kier alpha value is -0.860. The lowest BCUT2D eigenvalue weighted by molar-refractivity contribution is 0.445. The van der Waals surface area contributed by atoms with Crippen molar-refractivity contribution in [2.24, 2.45) is 15.9 Å². The monoisotopic (exact) mass is 239 g/mol. The number of hydrogen-bond donors (Lipinski definition) is 1. The summed E-state index contributed by atoms with van der Waals surface area (Å²) in [6, 6.07) is 0. The van der Waals surface area contributed by atoms with Crippen molar-refractivity contribution in [3.8, 4) is 0 Å². The van der Waals surface area contributed by atoms with Crippen molar-refractivity contribution < 1.29 is 0 Å². The fourth-order valence-electron chi connectivity index (χ4n) is 1.61. The molecule has 0 amide bonds. The van der Waals surface area contributed by atoms with Gasteiger partial charge in [0.2, 0.25) is 5.96 Å². The minimum Gasteiger partial charge on any atom is -0.354 e. The average molecular weight is 239 g/mol. The van der Waals surface area contributed by atoms with E-state index in [9.17, 15) is 0 Å². The molecule has 0 aliphatic rings. The molecule has 0 heterocycles. The van der Waals surface area contributed by atoms with Gasteiger partial charge in [-0.25, -0.2) is 4.99 Å². The maximum absolute atomic E-state index is 4.46. The molecule has 0 aliphatic heterocycles. The molecule has 0 rings (SSSR count). The zero-order chi connectivity index (χ0) is 13.1. The molecule has 0 aromatic rings. The lowest BCUT2D eigenvalue weighted by atomic mass is 9.99. The van der Waals surface area contributed by atoms with Gasteiger partial charge in [0.1, 0.15) is 0 Å². The molecular formula is C14H29N3. The Morgan fingerprint density at radius 1 is 1.24 bits per heavy atom. The molecule has 17 heavy (non-hydrogen) atoms. The molecule has 100 valence electrons. The predicted octanol–water partition coefficient (Wildman–Crippen LogP) is 3.65. The highest BCUT2D eigenvalue weighted by molar-refractivity contribution is 5.95. The highest BCUT2D eigenvalue weighted by Gasteiger charge is 2.06. The standard InChI is InChI=1S/C14H29N3/c1-6-9-10-13(8-3)11-16-14(15-5)17-12(4)7-2/h13H,6-11H2,1-5H3,(H,15,16). The SMILES string of the molecule is CCCCC(CC)CNC(N=C(C)CC)=NC. The van der Waals surface area contributed by atoms with Crippen LogP contribution in [0.4, 0.5) is 0 Å². The van der Waals surface area contributed by atoms with Crippen molar-refractivity contribution in [1.82, 2.24) is 5.32 Å². The van der Waals surface area contributed by atoms with Gasteiger partial charge >= 0.3 is 0 Å². The van der Waals surface area contributed by atoms with Crippen LogP contribution < -0.4 is 5.32 Å². The number of nitrogens with zero attached hydrogens (tertiary/aromatic N) is 2. The highest BCUT2D eigenvalue weighted by atomic mass is 15.1.